The number of carbonyl (C=O) groups is 1. The van der Waals surface area contributed by atoms with E-state index in [-0.39, 0.29) is 11.3 Å². The predicted octanol–water partition coefficient (Wildman–Crippen LogP) is 4.00. The lowest BCUT2D eigenvalue weighted by Crippen LogP contribution is -2.53. The largest absolute Gasteiger partial charge is 0.430 e. The number of sulfone groups is 1. The van der Waals surface area contributed by atoms with Crippen LogP contribution in [-0.2, 0) is 26.7 Å². The predicted molar refractivity (Wildman–Crippen MR) is 104 cm³/mol. The third-order valence-electron chi connectivity index (χ3n) is 5.26. The van der Waals surface area contributed by atoms with Gasteiger partial charge in [-0.3, -0.25) is 4.79 Å². The standard InChI is InChI=1S/C20H16F8N2O4S/c21-17(22)8-13(17)10-35(33,34)16-6-1-11(9-29-16)7-15(31)30-14-4-2-12(3-5-14)18(32,19(23,24)25)20(26,27)28/h1-6,9,13,32H,7-8,10H2,(H,30,31). The van der Waals surface area contributed by atoms with Crippen LogP contribution in [0.3, 0.4) is 0 Å². The SMILES string of the molecule is O=C(Cc1ccc(S(=O)(=O)CC2CC2(F)F)nc1)Nc1ccc(C(O)(C(F)(F)F)C(F)(F)F)cc1. The Bertz CT molecular complexity index is 1180. The van der Waals surface area contributed by atoms with Crippen LogP contribution in [0.5, 0.6) is 0 Å². The molecule has 0 aliphatic heterocycles. The minimum absolute atomic E-state index is 0.178. The number of amides is 1. The lowest BCUT2D eigenvalue weighted by molar-refractivity contribution is -0.376. The molecule has 0 spiro atoms. The molecule has 0 saturated heterocycles. The van der Waals surface area contributed by atoms with Crippen LogP contribution < -0.4 is 5.32 Å². The van der Waals surface area contributed by atoms with Gasteiger partial charge < -0.3 is 10.4 Å². The summed E-state index contributed by atoms with van der Waals surface area (Å²) in [7, 11) is -4.07. The van der Waals surface area contributed by atoms with E-state index >= 15 is 0 Å². The topological polar surface area (TPSA) is 96.4 Å². The molecule has 1 aromatic carbocycles. The first-order chi connectivity index (χ1) is 15.9. The number of hydrogen-bond acceptors (Lipinski definition) is 5. The number of alkyl halides is 8. The van der Waals surface area contributed by atoms with Crippen molar-refractivity contribution in [3.05, 3.63) is 53.7 Å². The van der Waals surface area contributed by atoms with Gasteiger partial charge in [-0.2, -0.15) is 26.3 Å². The highest BCUT2D eigenvalue weighted by molar-refractivity contribution is 7.91. The van der Waals surface area contributed by atoms with Gasteiger partial charge in [0.05, 0.1) is 12.2 Å². The molecule has 1 aliphatic rings. The lowest BCUT2D eigenvalue weighted by Gasteiger charge is -2.32. The number of anilines is 1. The maximum absolute atomic E-state index is 13.0. The first-order valence-electron chi connectivity index (χ1n) is 9.68. The van der Waals surface area contributed by atoms with E-state index < -0.39 is 74.7 Å². The van der Waals surface area contributed by atoms with Crippen LogP contribution in [0.4, 0.5) is 40.8 Å². The summed E-state index contributed by atoms with van der Waals surface area (Å²) in [5.74, 6) is -5.86. The zero-order valence-corrected chi connectivity index (χ0v) is 18.1. The van der Waals surface area contributed by atoms with Crippen LogP contribution in [0.2, 0.25) is 0 Å². The van der Waals surface area contributed by atoms with E-state index in [9.17, 15) is 53.4 Å². The van der Waals surface area contributed by atoms with Crippen molar-refractivity contribution in [3.63, 3.8) is 0 Å². The molecule has 15 heteroatoms. The molecule has 2 N–H and O–H groups in total. The number of pyridine rings is 1. The molecule has 6 nitrogen and oxygen atoms in total. The Kier molecular flexibility index (Phi) is 6.65. The van der Waals surface area contributed by atoms with E-state index in [4.69, 9.17) is 0 Å². The minimum atomic E-state index is -6.05. The summed E-state index contributed by atoms with van der Waals surface area (Å²) in [6.07, 6.45) is -12.0. The van der Waals surface area contributed by atoms with Crippen LogP contribution >= 0.6 is 0 Å². The van der Waals surface area contributed by atoms with Gasteiger partial charge in [0.25, 0.3) is 11.5 Å². The second kappa shape index (κ2) is 8.69. The van der Waals surface area contributed by atoms with Gasteiger partial charge in [-0.1, -0.05) is 18.2 Å². The number of benzene rings is 1. The van der Waals surface area contributed by atoms with Gasteiger partial charge in [-0.25, -0.2) is 22.2 Å². The Morgan fingerprint density at radius 1 is 1.03 bits per heavy atom. The van der Waals surface area contributed by atoms with Crippen molar-refractivity contribution < 1.29 is 53.4 Å². The van der Waals surface area contributed by atoms with E-state index in [0.29, 0.717) is 12.1 Å². The second-order valence-corrected chi connectivity index (χ2v) is 9.94. The summed E-state index contributed by atoms with van der Waals surface area (Å²) in [6, 6.07) is 4.43. The molecule has 1 aliphatic carbocycles. The molecular weight excluding hydrogens is 516 g/mol. The smallest absolute Gasteiger partial charge is 0.369 e. The fourth-order valence-electron chi connectivity index (χ4n) is 3.17. The molecule has 1 fully saturated rings. The van der Waals surface area contributed by atoms with Crippen LogP contribution in [0, 0.1) is 5.92 Å². The Labute approximate surface area is 192 Å². The molecule has 0 bridgehead atoms. The minimum Gasteiger partial charge on any atom is -0.369 e. The first kappa shape index (κ1) is 26.8. The van der Waals surface area contributed by atoms with Crippen molar-refractivity contribution in [2.45, 2.75) is 41.7 Å². The van der Waals surface area contributed by atoms with Gasteiger partial charge in [0.1, 0.15) is 0 Å². The summed E-state index contributed by atoms with van der Waals surface area (Å²) in [4.78, 5) is 15.8. The first-order valence-corrected chi connectivity index (χ1v) is 11.3. The summed E-state index contributed by atoms with van der Waals surface area (Å²) in [6.45, 7) is 0. The molecule has 1 saturated carbocycles. The normalized spacial score (nSPS) is 18.3. The maximum atomic E-state index is 13.0. The third-order valence-corrected chi connectivity index (χ3v) is 6.98. The maximum Gasteiger partial charge on any atom is 0.430 e. The van der Waals surface area contributed by atoms with Crippen molar-refractivity contribution >= 4 is 21.4 Å². The molecule has 2 aromatic rings. The lowest BCUT2D eigenvalue weighted by atomic mass is 9.92. The highest BCUT2D eigenvalue weighted by atomic mass is 32.2. The molecule has 3 rings (SSSR count). The van der Waals surface area contributed by atoms with Crippen LogP contribution in [-0.4, -0.2) is 48.4 Å². The number of rotatable bonds is 7. The highest BCUT2D eigenvalue weighted by Gasteiger charge is 2.71. The molecule has 1 unspecified atom stereocenters. The second-order valence-electron chi connectivity index (χ2n) is 7.96. The fraction of sp³-hybridized carbons (Fsp3) is 0.400. The van der Waals surface area contributed by atoms with E-state index in [2.05, 4.69) is 10.3 Å². The van der Waals surface area contributed by atoms with Gasteiger partial charge in [0, 0.05) is 29.8 Å². The monoisotopic (exact) mass is 532 g/mol. The molecular formula is C20H16F8N2O4S. The number of carbonyl (C=O) groups excluding carboxylic acids is 1. The van der Waals surface area contributed by atoms with Gasteiger partial charge in [-0.05, 0) is 23.8 Å². The summed E-state index contributed by atoms with van der Waals surface area (Å²) >= 11 is 0. The Hall–Kier alpha value is -2.81. The summed E-state index contributed by atoms with van der Waals surface area (Å²) in [5, 5.41) is 11.1. The van der Waals surface area contributed by atoms with Gasteiger partial charge in [-0.15, -0.1) is 0 Å². The van der Waals surface area contributed by atoms with Crippen molar-refractivity contribution in [1.29, 1.82) is 0 Å². The molecule has 1 heterocycles. The average Bonchev–Trinajstić information content (AvgIpc) is 3.31. The van der Waals surface area contributed by atoms with Crippen molar-refractivity contribution in [3.8, 4) is 0 Å². The Morgan fingerprint density at radius 3 is 2.00 bits per heavy atom. The molecule has 192 valence electrons. The molecule has 1 atom stereocenters. The summed E-state index contributed by atoms with van der Waals surface area (Å²) in [5.41, 5.74) is -6.59. The van der Waals surface area contributed by atoms with Crippen LogP contribution in [0.15, 0.2) is 47.6 Å². The van der Waals surface area contributed by atoms with Gasteiger partial charge in [0.2, 0.25) is 5.91 Å². The van der Waals surface area contributed by atoms with E-state index in [0.717, 1.165) is 24.4 Å². The zero-order chi connectivity index (χ0) is 26.4. The molecule has 0 radical (unpaired) electrons. The number of nitrogens with zero attached hydrogens (tertiary/aromatic N) is 1. The third kappa shape index (κ3) is 5.55. The number of nitrogens with one attached hydrogen (secondary N) is 1. The van der Waals surface area contributed by atoms with Crippen molar-refractivity contribution in [1.82, 2.24) is 4.98 Å². The van der Waals surface area contributed by atoms with Crippen LogP contribution in [0.25, 0.3) is 0 Å². The highest BCUT2D eigenvalue weighted by Crippen LogP contribution is 2.50. The van der Waals surface area contributed by atoms with Crippen LogP contribution in [0.1, 0.15) is 17.5 Å². The van der Waals surface area contributed by atoms with E-state index in [1.807, 2.05) is 0 Å². The fourth-order valence-corrected chi connectivity index (χ4v) is 4.72. The quantitative estimate of drug-likeness (QED) is 0.526. The number of aromatic nitrogens is 1. The number of hydrogen-bond donors (Lipinski definition) is 2. The Morgan fingerprint density at radius 2 is 1.57 bits per heavy atom. The van der Waals surface area contributed by atoms with Gasteiger partial charge in [0.15, 0.2) is 14.9 Å². The summed E-state index contributed by atoms with van der Waals surface area (Å²) < 4.78 is 128. The van der Waals surface area contributed by atoms with E-state index in [1.165, 1.54) is 6.07 Å². The number of aliphatic hydroxyl groups is 1. The average molecular weight is 532 g/mol. The molecule has 1 amide bonds. The van der Waals surface area contributed by atoms with E-state index in [1.54, 1.807) is 0 Å². The van der Waals surface area contributed by atoms with Crippen molar-refractivity contribution in [2.75, 3.05) is 11.1 Å². The van der Waals surface area contributed by atoms with Gasteiger partial charge >= 0.3 is 12.4 Å². The number of halogens is 8. The molecule has 35 heavy (non-hydrogen) atoms. The Balaban J connectivity index is 1.65. The zero-order valence-electron chi connectivity index (χ0n) is 17.3. The molecule has 1 aromatic heterocycles. The van der Waals surface area contributed by atoms with Crippen molar-refractivity contribution in [2.24, 2.45) is 5.92 Å².